The molecule has 0 aromatic heterocycles. The molecule has 3 rings (SSSR count). The van der Waals surface area contributed by atoms with Crippen molar-refractivity contribution >= 4 is 0 Å². The normalized spacial score (nSPS) is 17.0. The predicted molar refractivity (Wildman–Crippen MR) is 139 cm³/mol. The fourth-order valence-electron chi connectivity index (χ4n) is 5.08. The van der Waals surface area contributed by atoms with E-state index >= 15 is 0 Å². The Morgan fingerprint density at radius 3 is 2.26 bits per heavy atom. The molecular weight excluding hydrogens is 422 g/mol. The Balaban J connectivity index is 1.87. The molecule has 0 saturated carbocycles. The van der Waals surface area contributed by atoms with Crippen LogP contribution < -0.4 is 0 Å². The highest BCUT2D eigenvalue weighted by molar-refractivity contribution is 5.21. The second-order valence-electron chi connectivity index (χ2n) is 9.39. The van der Waals surface area contributed by atoms with E-state index < -0.39 is 5.79 Å². The van der Waals surface area contributed by atoms with Crippen molar-refractivity contribution in [2.45, 2.75) is 82.7 Å². The zero-order valence-corrected chi connectivity index (χ0v) is 20.9. The minimum Gasteiger partial charge on any atom is -0.394 e. The Labute approximate surface area is 206 Å². The molecule has 34 heavy (non-hydrogen) atoms. The summed E-state index contributed by atoms with van der Waals surface area (Å²) in [6.07, 6.45) is 10.2. The Kier molecular flexibility index (Phi) is 11.3. The van der Waals surface area contributed by atoms with Crippen molar-refractivity contribution < 1.29 is 14.6 Å². The number of hydrogen-bond donors (Lipinski definition) is 1. The highest BCUT2D eigenvalue weighted by Gasteiger charge is 2.37. The Morgan fingerprint density at radius 1 is 0.971 bits per heavy atom. The van der Waals surface area contributed by atoms with Crippen molar-refractivity contribution in [3.63, 3.8) is 0 Å². The third kappa shape index (κ3) is 7.78. The van der Waals surface area contributed by atoms with Crippen molar-refractivity contribution in [3.05, 3.63) is 84.4 Å². The van der Waals surface area contributed by atoms with Gasteiger partial charge in [-0.25, -0.2) is 0 Å². The maximum absolute atomic E-state index is 10.6. The molecule has 0 spiro atoms. The molecule has 186 valence electrons. The second-order valence-corrected chi connectivity index (χ2v) is 9.39. The Morgan fingerprint density at radius 2 is 1.65 bits per heavy atom. The molecule has 2 aromatic rings. The summed E-state index contributed by atoms with van der Waals surface area (Å²) in [5.74, 6) is -0.452. The van der Waals surface area contributed by atoms with E-state index in [9.17, 15) is 5.11 Å². The van der Waals surface area contributed by atoms with Gasteiger partial charge in [-0.2, -0.15) is 0 Å². The molecular formula is C30H43NO3. The maximum Gasteiger partial charge on any atom is 0.168 e. The van der Waals surface area contributed by atoms with E-state index in [1.54, 1.807) is 0 Å². The number of aliphatic hydroxyl groups is 1. The third-order valence-corrected chi connectivity index (χ3v) is 6.96. The number of nitrogens with zero attached hydrogens (tertiary/aromatic N) is 1. The first-order valence-corrected chi connectivity index (χ1v) is 13.1. The minimum atomic E-state index is -0.452. The Bertz CT molecular complexity index is 804. The zero-order valence-electron chi connectivity index (χ0n) is 20.9. The van der Waals surface area contributed by atoms with Gasteiger partial charge in [0, 0.05) is 25.4 Å². The fourth-order valence-corrected chi connectivity index (χ4v) is 5.08. The van der Waals surface area contributed by atoms with Crippen LogP contribution in [-0.2, 0) is 16.0 Å². The van der Waals surface area contributed by atoms with E-state index in [1.807, 2.05) is 12.1 Å². The van der Waals surface area contributed by atoms with E-state index in [0.29, 0.717) is 19.3 Å². The second kappa shape index (κ2) is 14.4. The fraction of sp³-hybridized carbons (Fsp3) is 0.533. The molecule has 0 amide bonds. The molecule has 2 atom stereocenters. The molecule has 4 heteroatoms. The van der Waals surface area contributed by atoms with Crippen LogP contribution in [0.1, 0.15) is 75.5 Å². The van der Waals surface area contributed by atoms with Gasteiger partial charge in [0.05, 0.1) is 25.9 Å². The van der Waals surface area contributed by atoms with Crippen LogP contribution in [0.2, 0.25) is 0 Å². The number of hydrogen-bond acceptors (Lipinski definition) is 4. The molecule has 1 heterocycles. The number of aliphatic hydroxyl groups excluding tert-OH is 1. The first kappa shape index (κ1) is 26.6. The van der Waals surface area contributed by atoms with Crippen LogP contribution in [-0.4, -0.2) is 41.7 Å². The van der Waals surface area contributed by atoms with Gasteiger partial charge in [-0.05, 0) is 43.2 Å². The molecule has 2 aromatic carbocycles. The lowest BCUT2D eigenvalue weighted by Gasteiger charge is -2.39. The first-order chi connectivity index (χ1) is 16.7. The highest BCUT2D eigenvalue weighted by atomic mass is 16.7. The van der Waals surface area contributed by atoms with Crippen molar-refractivity contribution in [2.24, 2.45) is 0 Å². The lowest BCUT2D eigenvalue weighted by molar-refractivity contribution is -0.171. The van der Waals surface area contributed by atoms with Gasteiger partial charge in [-0.15, -0.1) is 6.58 Å². The summed E-state index contributed by atoms with van der Waals surface area (Å²) in [5, 5.41) is 10.6. The van der Waals surface area contributed by atoms with Gasteiger partial charge in [0.15, 0.2) is 5.79 Å². The maximum atomic E-state index is 10.6. The summed E-state index contributed by atoms with van der Waals surface area (Å²) in [6.45, 7) is 8.39. The molecule has 1 N–H and O–H groups in total. The van der Waals surface area contributed by atoms with Crippen LogP contribution in [0.3, 0.4) is 0 Å². The summed E-state index contributed by atoms with van der Waals surface area (Å²) in [6, 6.07) is 21.3. The quantitative estimate of drug-likeness (QED) is 0.222. The number of rotatable bonds is 16. The molecule has 1 saturated heterocycles. The summed E-state index contributed by atoms with van der Waals surface area (Å²) in [5.41, 5.74) is 2.42. The van der Waals surface area contributed by atoms with Gasteiger partial charge in [0.2, 0.25) is 0 Å². The van der Waals surface area contributed by atoms with Gasteiger partial charge in [-0.1, -0.05) is 80.1 Å². The number of benzene rings is 2. The van der Waals surface area contributed by atoms with Gasteiger partial charge < -0.3 is 14.6 Å². The van der Waals surface area contributed by atoms with Gasteiger partial charge in [-0.3, -0.25) is 4.90 Å². The van der Waals surface area contributed by atoms with Crippen molar-refractivity contribution in [1.82, 2.24) is 4.90 Å². The molecule has 1 aliphatic rings. The van der Waals surface area contributed by atoms with Crippen LogP contribution >= 0.6 is 0 Å². The van der Waals surface area contributed by atoms with Gasteiger partial charge in [0.25, 0.3) is 0 Å². The summed E-state index contributed by atoms with van der Waals surface area (Å²) >= 11 is 0. The minimum absolute atomic E-state index is 0.0628. The largest absolute Gasteiger partial charge is 0.394 e. The topological polar surface area (TPSA) is 41.9 Å². The lowest BCUT2D eigenvalue weighted by Crippen LogP contribution is -2.41. The average Bonchev–Trinajstić information content (AvgIpc) is 3.35. The summed E-state index contributed by atoms with van der Waals surface area (Å²) in [4.78, 5) is 2.51. The van der Waals surface area contributed by atoms with E-state index in [4.69, 9.17) is 9.47 Å². The average molecular weight is 466 g/mol. The van der Waals surface area contributed by atoms with Crippen molar-refractivity contribution in [3.8, 4) is 0 Å². The van der Waals surface area contributed by atoms with E-state index in [2.05, 4.69) is 73.0 Å². The van der Waals surface area contributed by atoms with Crippen LogP contribution in [0.15, 0.2) is 73.3 Å². The Hall–Kier alpha value is -1.98. The third-order valence-electron chi connectivity index (χ3n) is 6.96. The molecule has 0 bridgehead atoms. The van der Waals surface area contributed by atoms with Gasteiger partial charge >= 0.3 is 0 Å². The molecule has 1 fully saturated rings. The van der Waals surface area contributed by atoms with Crippen LogP contribution in [0.4, 0.5) is 0 Å². The molecule has 4 nitrogen and oxygen atoms in total. The van der Waals surface area contributed by atoms with Crippen LogP contribution in [0, 0.1) is 0 Å². The number of ether oxygens (including phenoxy) is 2. The zero-order chi connectivity index (χ0) is 24.1. The van der Waals surface area contributed by atoms with Crippen molar-refractivity contribution in [1.29, 1.82) is 0 Å². The van der Waals surface area contributed by atoms with Crippen LogP contribution in [0.25, 0.3) is 0 Å². The molecule has 1 unspecified atom stereocenters. The predicted octanol–water partition coefficient (Wildman–Crippen LogP) is 6.66. The standard InChI is InChI=1S/C30H43NO3/c1-3-5-9-18-28(19-21-30(20-6-4-2)33-22-23-34-30)31(24-26-14-10-7-11-15-26)29(25-32)27-16-12-8-13-17-27/h3,7-8,10-17,28-29,32H,1,4-6,9,18-25H2,2H3/t28?,29-/m0/s1. The van der Waals surface area contributed by atoms with E-state index in [-0.39, 0.29) is 12.6 Å². The van der Waals surface area contributed by atoms with Crippen molar-refractivity contribution in [2.75, 3.05) is 19.8 Å². The van der Waals surface area contributed by atoms with E-state index in [0.717, 1.165) is 63.5 Å². The highest BCUT2D eigenvalue weighted by Crippen LogP contribution is 2.35. The van der Waals surface area contributed by atoms with Gasteiger partial charge in [0.1, 0.15) is 0 Å². The first-order valence-electron chi connectivity index (χ1n) is 13.1. The summed E-state index contributed by atoms with van der Waals surface area (Å²) < 4.78 is 12.4. The monoisotopic (exact) mass is 465 g/mol. The summed E-state index contributed by atoms with van der Waals surface area (Å²) in [7, 11) is 0. The lowest BCUT2D eigenvalue weighted by atomic mass is 9.93. The molecule has 0 radical (unpaired) electrons. The van der Waals surface area contributed by atoms with Crippen LogP contribution in [0.5, 0.6) is 0 Å². The smallest absolute Gasteiger partial charge is 0.168 e. The van der Waals surface area contributed by atoms with E-state index in [1.165, 1.54) is 5.56 Å². The molecule has 1 aliphatic heterocycles. The number of allylic oxidation sites excluding steroid dienone is 1. The SMILES string of the molecule is C=CCCCC(CCC1(CCCC)OCCO1)N(Cc1ccccc1)[C@@H](CO)c1ccccc1. The molecule has 0 aliphatic carbocycles. The number of unbranched alkanes of at least 4 members (excludes halogenated alkanes) is 2.